The standard InChI is InChI=1S/C19H27NO3/c1-4-18(21)15-10-12-17(13-11-15)23-14(2)19(22)20(3)16-8-6-5-7-9-16/h10-14,16H,4-9H2,1-3H3. The van der Waals surface area contributed by atoms with E-state index >= 15 is 0 Å². The molecule has 4 heteroatoms. The molecule has 0 bridgehead atoms. The van der Waals surface area contributed by atoms with Crippen molar-refractivity contribution in [2.24, 2.45) is 0 Å². The molecule has 126 valence electrons. The Morgan fingerprint density at radius 2 is 1.78 bits per heavy atom. The summed E-state index contributed by atoms with van der Waals surface area (Å²) in [5, 5.41) is 0. The van der Waals surface area contributed by atoms with Crippen molar-refractivity contribution in [1.29, 1.82) is 0 Å². The van der Waals surface area contributed by atoms with Crippen molar-refractivity contribution in [3.8, 4) is 5.75 Å². The van der Waals surface area contributed by atoms with Gasteiger partial charge in [0.15, 0.2) is 11.9 Å². The lowest BCUT2D eigenvalue weighted by Gasteiger charge is -2.32. The number of carbonyl (C=O) groups is 2. The maximum atomic E-state index is 12.5. The Hall–Kier alpha value is -1.84. The van der Waals surface area contributed by atoms with Crippen LogP contribution in [0.5, 0.6) is 5.75 Å². The molecule has 0 aliphatic heterocycles. The number of ether oxygens (including phenoxy) is 1. The molecule has 1 aromatic carbocycles. The third-order valence-electron chi connectivity index (χ3n) is 4.63. The van der Waals surface area contributed by atoms with Gasteiger partial charge in [0.1, 0.15) is 5.75 Å². The fourth-order valence-electron chi connectivity index (χ4n) is 3.11. The van der Waals surface area contributed by atoms with Crippen molar-refractivity contribution in [3.63, 3.8) is 0 Å². The highest BCUT2D eigenvalue weighted by atomic mass is 16.5. The Kier molecular flexibility index (Phi) is 6.20. The first-order valence-corrected chi connectivity index (χ1v) is 8.59. The monoisotopic (exact) mass is 317 g/mol. The van der Waals surface area contributed by atoms with Gasteiger partial charge >= 0.3 is 0 Å². The highest BCUT2D eigenvalue weighted by molar-refractivity contribution is 5.95. The minimum Gasteiger partial charge on any atom is -0.481 e. The van der Waals surface area contributed by atoms with Crippen LogP contribution in [-0.4, -0.2) is 35.8 Å². The number of likely N-dealkylation sites (N-methyl/N-ethyl adjacent to an activating group) is 1. The average molecular weight is 317 g/mol. The van der Waals surface area contributed by atoms with Gasteiger partial charge in [0, 0.05) is 25.1 Å². The number of ketones is 1. The minimum atomic E-state index is -0.519. The second-order valence-electron chi connectivity index (χ2n) is 6.30. The molecule has 4 nitrogen and oxygen atoms in total. The van der Waals surface area contributed by atoms with Crippen LogP contribution in [0.2, 0.25) is 0 Å². The highest BCUT2D eigenvalue weighted by Gasteiger charge is 2.26. The van der Waals surface area contributed by atoms with Crippen molar-refractivity contribution >= 4 is 11.7 Å². The van der Waals surface area contributed by atoms with E-state index in [2.05, 4.69) is 0 Å². The van der Waals surface area contributed by atoms with Gasteiger partial charge in [0.25, 0.3) is 5.91 Å². The van der Waals surface area contributed by atoms with Crippen molar-refractivity contribution in [2.75, 3.05) is 7.05 Å². The molecule has 0 N–H and O–H groups in total. The van der Waals surface area contributed by atoms with Gasteiger partial charge in [-0.1, -0.05) is 26.2 Å². The number of hydrogen-bond donors (Lipinski definition) is 0. The molecule has 1 saturated carbocycles. The zero-order valence-corrected chi connectivity index (χ0v) is 14.4. The maximum absolute atomic E-state index is 12.5. The van der Waals surface area contributed by atoms with E-state index in [1.165, 1.54) is 19.3 Å². The van der Waals surface area contributed by atoms with Crippen LogP contribution in [0.3, 0.4) is 0 Å². The number of amides is 1. The molecule has 0 radical (unpaired) electrons. The molecule has 1 atom stereocenters. The zero-order valence-electron chi connectivity index (χ0n) is 14.4. The first-order valence-electron chi connectivity index (χ1n) is 8.59. The summed E-state index contributed by atoms with van der Waals surface area (Å²) in [4.78, 5) is 26.0. The Labute approximate surface area is 138 Å². The smallest absolute Gasteiger partial charge is 0.263 e. The molecule has 0 spiro atoms. The number of nitrogens with zero attached hydrogens (tertiary/aromatic N) is 1. The summed E-state index contributed by atoms with van der Waals surface area (Å²) in [5.74, 6) is 0.749. The van der Waals surface area contributed by atoms with Crippen LogP contribution in [0.25, 0.3) is 0 Å². The third kappa shape index (κ3) is 4.57. The van der Waals surface area contributed by atoms with Crippen molar-refractivity contribution < 1.29 is 14.3 Å². The largest absolute Gasteiger partial charge is 0.481 e. The molecule has 1 aliphatic carbocycles. The first-order chi connectivity index (χ1) is 11.0. The van der Waals surface area contributed by atoms with E-state index in [4.69, 9.17) is 4.74 Å². The number of Topliss-reactive ketones (excluding diaryl/α,β-unsaturated/α-hetero) is 1. The zero-order chi connectivity index (χ0) is 16.8. The van der Waals surface area contributed by atoms with Crippen LogP contribution >= 0.6 is 0 Å². The second-order valence-corrected chi connectivity index (χ2v) is 6.30. The topological polar surface area (TPSA) is 46.6 Å². The van der Waals surface area contributed by atoms with Crippen molar-refractivity contribution in [1.82, 2.24) is 4.90 Å². The SMILES string of the molecule is CCC(=O)c1ccc(OC(C)C(=O)N(C)C2CCCCC2)cc1. The molecular weight excluding hydrogens is 290 g/mol. The lowest BCUT2D eigenvalue weighted by atomic mass is 9.94. The summed E-state index contributed by atoms with van der Waals surface area (Å²) < 4.78 is 5.75. The molecule has 0 heterocycles. The predicted molar refractivity (Wildman–Crippen MR) is 90.8 cm³/mol. The van der Waals surface area contributed by atoms with E-state index in [9.17, 15) is 9.59 Å². The Bertz CT molecular complexity index is 532. The summed E-state index contributed by atoms with van der Waals surface area (Å²) in [5.41, 5.74) is 0.679. The molecule has 1 unspecified atom stereocenters. The minimum absolute atomic E-state index is 0.0191. The van der Waals surface area contributed by atoms with Gasteiger partial charge in [-0.25, -0.2) is 0 Å². The summed E-state index contributed by atoms with van der Waals surface area (Å²) >= 11 is 0. The molecular formula is C19H27NO3. The molecule has 1 fully saturated rings. The maximum Gasteiger partial charge on any atom is 0.263 e. The quantitative estimate of drug-likeness (QED) is 0.749. The van der Waals surface area contributed by atoms with Crippen LogP contribution in [-0.2, 0) is 4.79 Å². The summed E-state index contributed by atoms with van der Waals surface area (Å²) in [6, 6.07) is 7.36. The molecule has 1 amide bonds. The fourth-order valence-corrected chi connectivity index (χ4v) is 3.11. The van der Waals surface area contributed by atoms with Gasteiger partial charge < -0.3 is 9.64 Å². The van der Waals surface area contributed by atoms with Crippen LogP contribution in [0.1, 0.15) is 62.7 Å². The normalized spacial score (nSPS) is 16.7. The first kappa shape index (κ1) is 17.5. The average Bonchev–Trinajstić information content (AvgIpc) is 2.61. The van der Waals surface area contributed by atoms with E-state index in [1.54, 1.807) is 31.2 Å². The van der Waals surface area contributed by atoms with Gasteiger partial charge in [-0.15, -0.1) is 0 Å². The van der Waals surface area contributed by atoms with Gasteiger partial charge in [-0.3, -0.25) is 9.59 Å². The number of benzene rings is 1. The van der Waals surface area contributed by atoms with Crippen LogP contribution in [0.4, 0.5) is 0 Å². The van der Waals surface area contributed by atoms with Crippen LogP contribution < -0.4 is 4.74 Å². The molecule has 1 aromatic rings. The van der Waals surface area contributed by atoms with Crippen LogP contribution in [0.15, 0.2) is 24.3 Å². The molecule has 2 rings (SSSR count). The fraction of sp³-hybridized carbons (Fsp3) is 0.579. The number of hydrogen-bond acceptors (Lipinski definition) is 3. The van der Waals surface area contributed by atoms with E-state index in [1.807, 2.05) is 18.9 Å². The van der Waals surface area contributed by atoms with Gasteiger partial charge in [-0.05, 0) is 44.0 Å². The van der Waals surface area contributed by atoms with E-state index in [-0.39, 0.29) is 11.7 Å². The molecule has 23 heavy (non-hydrogen) atoms. The van der Waals surface area contributed by atoms with Gasteiger partial charge in [0.2, 0.25) is 0 Å². The number of carbonyl (C=O) groups excluding carboxylic acids is 2. The van der Waals surface area contributed by atoms with Crippen molar-refractivity contribution in [2.45, 2.75) is 64.5 Å². The lowest BCUT2D eigenvalue weighted by molar-refractivity contribution is -0.139. The summed E-state index contributed by atoms with van der Waals surface area (Å²) in [7, 11) is 1.88. The van der Waals surface area contributed by atoms with Crippen molar-refractivity contribution in [3.05, 3.63) is 29.8 Å². The van der Waals surface area contributed by atoms with E-state index < -0.39 is 6.10 Å². The Balaban J connectivity index is 1.93. The number of rotatable bonds is 6. The molecule has 1 aliphatic rings. The third-order valence-corrected chi connectivity index (χ3v) is 4.63. The van der Waals surface area contributed by atoms with E-state index in [0.717, 1.165) is 12.8 Å². The molecule has 0 aromatic heterocycles. The van der Waals surface area contributed by atoms with Gasteiger partial charge in [-0.2, -0.15) is 0 Å². The Morgan fingerprint density at radius 1 is 1.17 bits per heavy atom. The highest BCUT2D eigenvalue weighted by Crippen LogP contribution is 2.23. The van der Waals surface area contributed by atoms with E-state index in [0.29, 0.717) is 23.8 Å². The molecule has 0 saturated heterocycles. The summed E-state index contributed by atoms with van der Waals surface area (Å²) in [6.07, 6.45) is 5.81. The van der Waals surface area contributed by atoms with Gasteiger partial charge in [0.05, 0.1) is 0 Å². The second kappa shape index (κ2) is 8.14. The predicted octanol–water partition coefficient (Wildman–Crippen LogP) is 3.84. The summed E-state index contributed by atoms with van der Waals surface area (Å²) in [6.45, 7) is 3.63. The Morgan fingerprint density at radius 3 is 2.35 bits per heavy atom. The lowest BCUT2D eigenvalue weighted by Crippen LogP contribution is -2.44. The van der Waals surface area contributed by atoms with Crippen LogP contribution in [0, 0.1) is 0 Å².